The van der Waals surface area contributed by atoms with Gasteiger partial charge in [-0.3, -0.25) is 0 Å². The average molecular weight is 373 g/mol. The fourth-order valence-corrected chi connectivity index (χ4v) is 3.13. The van der Waals surface area contributed by atoms with Crippen LogP contribution in [0.3, 0.4) is 0 Å². The number of aliphatic hydroxyl groups is 1. The minimum Gasteiger partial charge on any atom is -0.457 e. The third-order valence-electron chi connectivity index (χ3n) is 4.75. The number of likely N-dealkylation sites (tertiary alicyclic amines) is 1. The molecule has 7 heteroatoms. The zero-order valence-corrected chi connectivity index (χ0v) is 15.4. The third-order valence-corrected chi connectivity index (χ3v) is 4.75. The summed E-state index contributed by atoms with van der Waals surface area (Å²) in [7, 11) is 3.95. The number of urea groups is 1. The van der Waals surface area contributed by atoms with Crippen molar-refractivity contribution in [1.82, 2.24) is 9.80 Å². The maximum absolute atomic E-state index is 12.9. The zero-order chi connectivity index (χ0) is 19.4. The minimum absolute atomic E-state index is 0.0534. The van der Waals surface area contributed by atoms with Crippen LogP contribution in [0.25, 0.3) is 0 Å². The number of aliphatic hydroxyl groups excluding tert-OH is 1. The van der Waals surface area contributed by atoms with Crippen LogP contribution in [0.1, 0.15) is 6.42 Å². The Labute approximate surface area is 158 Å². The van der Waals surface area contributed by atoms with Gasteiger partial charge in [-0.25, -0.2) is 9.18 Å². The highest BCUT2D eigenvalue weighted by molar-refractivity contribution is 5.89. The lowest BCUT2D eigenvalue weighted by molar-refractivity contribution is 0.166. The van der Waals surface area contributed by atoms with Crippen LogP contribution in [0.5, 0.6) is 11.5 Å². The van der Waals surface area contributed by atoms with Gasteiger partial charge in [0, 0.05) is 18.3 Å². The van der Waals surface area contributed by atoms with E-state index in [1.165, 1.54) is 12.1 Å². The number of anilines is 1. The first kappa shape index (κ1) is 19.1. The second kappa shape index (κ2) is 8.37. The molecule has 0 radical (unpaired) electrons. The number of carbonyl (C=O) groups excluding carboxylic acids is 1. The SMILES string of the molecule is CN(C)[C@@H]1C[C@@H](CO)N(C(=O)Nc2ccc(Oc3ccc(F)cc3)cc2)C1. The lowest BCUT2D eigenvalue weighted by atomic mass is 10.2. The summed E-state index contributed by atoms with van der Waals surface area (Å²) in [5.41, 5.74) is 0.636. The molecular weight excluding hydrogens is 349 g/mol. The van der Waals surface area contributed by atoms with Crippen LogP contribution in [0, 0.1) is 5.82 Å². The van der Waals surface area contributed by atoms with E-state index in [1.807, 2.05) is 14.1 Å². The molecule has 2 amide bonds. The van der Waals surface area contributed by atoms with Crippen LogP contribution in [0.2, 0.25) is 0 Å². The van der Waals surface area contributed by atoms with Crippen LogP contribution in [-0.4, -0.2) is 60.3 Å². The van der Waals surface area contributed by atoms with Gasteiger partial charge in [-0.2, -0.15) is 0 Å². The van der Waals surface area contributed by atoms with Crippen LogP contribution in [0.15, 0.2) is 48.5 Å². The Bertz CT molecular complexity index is 765. The molecular formula is C20H24FN3O3. The largest absolute Gasteiger partial charge is 0.457 e. The van der Waals surface area contributed by atoms with Crippen LogP contribution < -0.4 is 10.1 Å². The van der Waals surface area contributed by atoms with E-state index < -0.39 is 0 Å². The predicted molar refractivity (Wildman–Crippen MR) is 102 cm³/mol. The maximum atomic E-state index is 12.9. The molecule has 0 saturated carbocycles. The number of ether oxygens (including phenoxy) is 1. The van der Waals surface area contributed by atoms with E-state index in [4.69, 9.17) is 4.74 Å². The standard InChI is InChI=1S/C20H24FN3O3/c1-23(2)16-11-17(13-25)24(12-16)20(26)22-15-5-9-19(10-6-15)27-18-7-3-14(21)4-8-18/h3-10,16-17,25H,11-13H2,1-2H3,(H,22,26)/t16-,17+/m1/s1. The van der Waals surface area contributed by atoms with Gasteiger partial charge in [0.1, 0.15) is 17.3 Å². The molecule has 1 fully saturated rings. The fourth-order valence-electron chi connectivity index (χ4n) is 3.13. The van der Waals surface area contributed by atoms with Crippen molar-refractivity contribution in [2.24, 2.45) is 0 Å². The van der Waals surface area contributed by atoms with E-state index in [0.717, 1.165) is 6.42 Å². The molecule has 0 bridgehead atoms. The molecule has 1 aliphatic heterocycles. The van der Waals surface area contributed by atoms with Crippen molar-refractivity contribution in [2.45, 2.75) is 18.5 Å². The van der Waals surface area contributed by atoms with Crippen molar-refractivity contribution in [1.29, 1.82) is 0 Å². The summed E-state index contributed by atoms with van der Waals surface area (Å²) < 4.78 is 18.6. The van der Waals surface area contributed by atoms with E-state index >= 15 is 0 Å². The zero-order valence-electron chi connectivity index (χ0n) is 15.4. The number of carbonyl (C=O) groups is 1. The lowest BCUT2D eigenvalue weighted by Crippen LogP contribution is -2.41. The smallest absolute Gasteiger partial charge is 0.322 e. The first-order chi connectivity index (χ1) is 13.0. The van der Waals surface area contributed by atoms with E-state index in [2.05, 4.69) is 10.2 Å². The van der Waals surface area contributed by atoms with Crippen molar-refractivity contribution >= 4 is 11.7 Å². The van der Waals surface area contributed by atoms with Gasteiger partial charge >= 0.3 is 6.03 Å². The Morgan fingerprint density at radius 1 is 1.19 bits per heavy atom. The Morgan fingerprint density at radius 2 is 1.78 bits per heavy atom. The molecule has 2 N–H and O–H groups in total. The van der Waals surface area contributed by atoms with Crippen molar-refractivity contribution in [3.8, 4) is 11.5 Å². The van der Waals surface area contributed by atoms with Crippen molar-refractivity contribution < 1.29 is 19.0 Å². The van der Waals surface area contributed by atoms with Gasteiger partial charge in [-0.05, 0) is 69.0 Å². The number of halogens is 1. The second-order valence-electron chi connectivity index (χ2n) is 6.85. The third kappa shape index (κ3) is 4.75. The molecule has 6 nitrogen and oxygen atoms in total. The molecule has 1 heterocycles. The molecule has 2 atom stereocenters. The van der Waals surface area contributed by atoms with Crippen molar-refractivity contribution in [3.05, 3.63) is 54.3 Å². The predicted octanol–water partition coefficient (Wildman–Crippen LogP) is 3.15. The molecule has 27 heavy (non-hydrogen) atoms. The van der Waals surface area contributed by atoms with Gasteiger partial charge in [0.25, 0.3) is 0 Å². The quantitative estimate of drug-likeness (QED) is 0.845. The molecule has 144 valence electrons. The molecule has 0 aliphatic carbocycles. The Kier molecular flexibility index (Phi) is 5.93. The fraction of sp³-hybridized carbons (Fsp3) is 0.350. The monoisotopic (exact) mass is 373 g/mol. The molecule has 0 unspecified atom stereocenters. The first-order valence-electron chi connectivity index (χ1n) is 8.84. The normalized spacial score (nSPS) is 19.4. The minimum atomic E-state index is -0.319. The van der Waals surface area contributed by atoms with Crippen molar-refractivity contribution in [3.63, 3.8) is 0 Å². The summed E-state index contributed by atoms with van der Waals surface area (Å²) in [6, 6.07) is 12.5. The van der Waals surface area contributed by atoms with E-state index in [0.29, 0.717) is 23.7 Å². The molecule has 1 saturated heterocycles. The molecule has 1 aliphatic rings. The molecule has 0 aromatic heterocycles. The summed E-state index contributed by atoms with van der Waals surface area (Å²) in [5.74, 6) is 0.799. The van der Waals surface area contributed by atoms with Crippen LogP contribution >= 0.6 is 0 Å². The number of benzene rings is 2. The van der Waals surface area contributed by atoms with Gasteiger partial charge in [-0.15, -0.1) is 0 Å². The Morgan fingerprint density at radius 3 is 2.33 bits per heavy atom. The second-order valence-corrected chi connectivity index (χ2v) is 6.85. The average Bonchev–Trinajstić information content (AvgIpc) is 3.10. The lowest BCUT2D eigenvalue weighted by Gasteiger charge is -2.23. The van der Waals surface area contributed by atoms with Gasteiger partial charge in [0.15, 0.2) is 0 Å². The van der Waals surface area contributed by atoms with Gasteiger partial charge < -0.3 is 25.0 Å². The highest BCUT2D eigenvalue weighted by Crippen LogP contribution is 2.25. The number of likely N-dealkylation sites (N-methyl/N-ethyl adjacent to an activating group) is 1. The number of rotatable bonds is 5. The summed E-state index contributed by atoms with van der Waals surface area (Å²) in [4.78, 5) is 16.3. The number of hydrogen-bond donors (Lipinski definition) is 2. The Hall–Kier alpha value is -2.64. The first-order valence-corrected chi connectivity index (χ1v) is 8.84. The van der Waals surface area contributed by atoms with Crippen LogP contribution in [0.4, 0.5) is 14.9 Å². The topological polar surface area (TPSA) is 65.0 Å². The molecule has 3 rings (SSSR count). The van der Waals surface area contributed by atoms with Crippen molar-refractivity contribution in [2.75, 3.05) is 32.6 Å². The van der Waals surface area contributed by atoms with Gasteiger partial charge in [-0.1, -0.05) is 0 Å². The summed E-state index contributed by atoms with van der Waals surface area (Å²) in [6.07, 6.45) is 0.751. The molecule has 2 aromatic rings. The highest BCUT2D eigenvalue weighted by atomic mass is 19.1. The van der Waals surface area contributed by atoms with E-state index in [9.17, 15) is 14.3 Å². The van der Waals surface area contributed by atoms with Gasteiger partial charge in [0.05, 0.1) is 12.6 Å². The summed E-state index contributed by atoms with van der Waals surface area (Å²) in [6.45, 7) is 0.526. The molecule has 0 spiro atoms. The molecule has 2 aromatic carbocycles. The summed E-state index contributed by atoms with van der Waals surface area (Å²) in [5, 5.41) is 12.4. The number of nitrogens with one attached hydrogen (secondary N) is 1. The number of hydrogen-bond acceptors (Lipinski definition) is 4. The van der Waals surface area contributed by atoms with E-state index in [-0.39, 0.29) is 30.5 Å². The van der Waals surface area contributed by atoms with Gasteiger partial charge in [0.2, 0.25) is 0 Å². The summed E-state index contributed by atoms with van der Waals surface area (Å²) >= 11 is 0. The maximum Gasteiger partial charge on any atom is 0.322 e. The number of nitrogens with zero attached hydrogens (tertiary/aromatic N) is 2. The van der Waals surface area contributed by atoms with E-state index in [1.54, 1.807) is 41.3 Å². The highest BCUT2D eigenvalue weighted by Gasteiger charge is 2.35. The Balaban J connectivity index is 1.60. The van der Waals surface area contributed by atoms with Crippen LogP contribution in [-0.2, 0) is 0 Å². The number of amides is 2.